The molecule has 0 aromatic heterocycles. The van der Waals surface area contributed by atoms with Crippen LogP contribution in [0.5, 0.6) is 0 Å². The molecule has 0 saturated heterocycles. The van der Waals surface area contributed by atoms with Gasteiger partial charge in [-0.15, -0.1) is 0 Å². The van der Waals surface area contributed by atoms with E-state index in [-0.39, 0.29) is 5.91 Å². The van der Waals surface area contributed by atoms with Crippen molar-refractivity contribution < 1.29 is 4.79 Å². The fourth-order valence-electron chi connectivity index (χ4n) is 1.64. The molecule has 2 nitrogen and oxygen atoms in total. The molecule has 0 radical (unpaired) electrons. The summed E-state index contributed by atoms with van der Waals surface area (Å²) in [5.74, 6) is -0.0505. The Morgan fingerprint density at radius 1 is 1.64 bits per heavy atom. The van der Waals surface area contributed by atoms with Crippen LogP contribution in [0.15, 0.2) is 12.7 Å². The van der Waals surface area contributed by atoms with E-state index in [1.54, 1.807) is 0 Å². The maximum Gasteiger partial charge on any atom is 0.243 e. The van der Waals surface area contributed by atoms with Crippen LogP contribution in [0.25, 0.3) is 0 Å². The third kappa shape index (κ3) is 2.07. The van der Waals surface area contributed by atoms with E-state index in [1.165, 1.54) is 6.08 Å². The summed E-state index contributed by atoms with van der Waals surface area (Å²) in [5.41, 5.74) is 0.430. The summed E-state index contributed by atoms with van der Waals surface area (Å²) in [6.45, 7) is 7.82. The molecule has 11 heavy (non-hydrogen) atoms. The molecule has 62 valence electrons. The van der Waals surface area contributed by atoms with Crippen molar-refractivity contribution in [2.45, 2.75) is 32.7 Å². The Hall–Kier alpha value is -0.790. The number of amides is 1. The highest BCUT2D eigenvalue weighted by molar-refractivity contribution is 5.87. The van der Waals surface area contributed by atoms with Crippen molar-refractivity contribution in [1.82, 2.24) is 5.32 Å². The van der Waals surface area contributed by atoms with E-state index < -0.39 is 0 Å². The lowest BCUT2D eigenvalue weighted by molar-refractivity contribution is -0.118. The van der Waals surface area contributed by atoms with Crippen molar-refractivity contribution >= 4 is 5.91 Å². The SMILES string of the molecule is C=CC(=O)NC1CC(C)(C)C1. The van der Waals surface area contributed by atoms with Crippen molar-refractivity contribution in [1.29, 1.82) is 0 Å². The summed E-state index contributed by atoms with van der Waals surface area (Å²) in [6, 6.07) is 0.385. The van der Waals surface area contributed by atoms with E-state index in [9.17, 15) is 4.79 Å². The first-order valence-corrected chi connectivity index (χ1v) is 3.96. The Morgan fingerprint density at radius 2 is 2.18 bits per heavy atom. The van der Waals surface area contributed by atoms with Crippen LogP contribution in [0.1, 0.15) is 26.7 Å². The molecule has 0 spiro atoms. The van der Waals surface area contributed by atoms with Crippen molar-refractivity contribution in [3.05, 3.63) is 12.7 Å². The Morgan fingerprint density at radius 3 is 2.55 bits per heavy atom. The normalized spacial score (nSPS) is 22.0. The monoisotopic (exact) mass is 153 g/mol. The van der Waals surface area contributed by atoms with E-state index in [1.807, 2.05) is 0 Å². The minimum Gasteiger partial charge on any atom is -0.350 e. The highest BCUT2D eigenvalue weighted by atomic mass is 16.1. The Kier molecular flexibility index (Phi) is 2.03. The van der Waals surface area contributed by atoms with Gasteiger partial charge < -0.3 is 5.32 Å². The molecule has 1 rings (SSSR count). The second-order valence-electron chi connectivity index (χ2n) is 3.98. The van der Waals surface area contributed by atoms with Gasteiger partial charge in [0.15, 0.2) is 0 Å². The molecule has 0 aromatic rings. The third-order valence-electron chi connectivity index (χ3n) is 2.13. The van der Waals surface area contributed by atoms with Gasteiger partial charge in [0.05, 0.1) is 0 Å². The first-order valence-electron chi connectivity index (χ1n) is 3.96. The molecule has 0 bridgehead atoms. The van der Waals surface area contributed by atoms with Crippen LogP contribution < -0.4 is 5.32 Å². The summed E-state index contributed by atoms with van der Waals surface area (Å²) >= 11 is 0. The maximum atomic E-state index is 10.8. The standard InChI is InChI=1S/C9H15NO/c1-4-8(11)10-7-5-9(2,3)6-7/h4,7H,1,5-6H2,2-3H3,(H,10,11). The number of hydrogen-bond acceptors (Lipinski definition) is 1. The topological polar surface area (TPSA) is 29.1 Å². The Balaban J connectivity index is 2.24. The van der Waals surface area contributed by atoms with E-state index in [0.717, 1.165) is 12.8 Å². The molecule has 2 heteroatoms. The molecule has 1 amide bonds. The number of nitrogens with one attached hydrogen (secondary N) is 1. The van der Waals surface area contributed by atoms with Gasteiger partial charge in [-0.2, -0.15) is 0 Å². The first-order chi connectivity index (χ1) is 5.03. The fraction of sp³-hybridized carbons (Fsp3) is 0.667. The van der Waals surface area contributed by atoms with Crippen LogP contribution in [-0.4, -0.2) is 11.9 Å². The van der Waals surface area contributed by atoms with E-state index in [0.29, 0.717) is 11.5 Å². The summed E-state index contributed by atoms with van der Waals surface area (Å²) in [5, 5.41) is 2.86. The summed E-state index contributed by atoms with van der Waals surface area (Å²) in [7, 11) is 0. The molecule has 0 unspecified atom stereocenters. The molecule has 1 fully saturated rings. The van der Waals surface area contributed by atoms with Crippen molar-refractivity contribution in [2.75, 3.05) is 0 Å². The zero-order valence-electron chi connectivity index (χ0n) is 7.18. The first kappa shape index (κ1) is 8.31. The van der Waals surface area contributed by atoms with Crippen LogP contribution in [-0.2, 0) is 4.79 Å². The average Bonchev–Trinajstić information content (AvgIpc) is 1.83. The maximum absolute atomic E-state index is 10.8. The highest BCUT2D eigenvalue weighted by Crippen LogP contribution is 2.39. The van der Waals surface area contributed by atoms with Crippen LogP contribution in [0, 0.1) is 5.41 Å². The summed E-state index contributed by atoms with van der Waals surface area (Å²) < 4.78 is 0. The predicted octanol–water partition coefficient (Wildman–Crippen LogP) is 1.48. The van der Waals surface area contributed by atoms with Crippen molar-refractivity contribution in [3.63, 3.8) is 0 Å². The molecule has 0 aliphatic heterocycles. The van der Waals surface area contributed by atoms with Gasteiger partial charge in [-0.05, 0) is 24.3 Å². The van der Waals surface area contributed by atoms with Crippen molar-refractivity contribution in [2.24, 2.45) is 5.41 Å². The second kappa shape index (κ2) is 2.68. The lowest BCUT2D eigenvalue weighted by atomic mass is 9.68. The Bertz CT molecular complexity index is 176. The van der Waals surface area contributed by atoms with Gasteiger partial charge in [0.2, 0.25) is 5.91 Å². The van der Waals surface area contributed by atoms with Gasteiger partial charge in [0.1, 0.15) is 0 Å². The molecule has 1 aliphatic rings. The zero-order valence-corrected chi connectivity index (χ0v) is 7.18. The minimum atomic E-state index is -0.0505. The zero-order chi connectivity index (χ0) is 8.48. The smallest absolute Gasteiger partial charge is 0.243 e. The van der Waals surface area contributed by atoms with Gasteiger partial charge in [-0.25, -0.2) is 0 Å². The second-order valence-corrected chi connectivity index (χ2v) is 3.98. The number of rotatable bonds is 2. The van der Waals surface area contributed by atoms with Crippen LogP contribution >= 0.6 is 0 Å². The van der Waals surface area contributed by atoms with Gasteiger partial charge in [0.25, 0.3) is 0 Å². The molecule has 0 aromatic carbocycles. The molecule has 0 heterocycles. The van der Waals surface area contributed by atoms with Crippen LogP contribution in [0.2, 0.25) is 0 Å². The van der Waals surface area contributed by atoms with E-state index in [4.69, 9.17) is 0 Å². The largest absolute Gasteiger partial charge is 0.350 e. The highest BCUT2D eigenvalue weighted by Gasteiger charge is 2.36. The van der Waals surface area contributed by atoms with Crippen LogP contribution in [0.3, 0.4) is 0 Å². The van der Waals surface area contributed by atoms with E-state index in [2.05, 4.69) is 25.7 Å². The van der Waals surface area contributed by atoms with E-state index >= 15 is 0 Å². The molecule has 1 saturated carbocycles. The predicted molar refractivity (Wildman–Crippen MR) is 45.1 cm³/mol. The third-order valence-corrected chi connectivity index (χ3v) is 2.13. The van der Waals surface area contributed by atoms with Crippen LogP contribution in [0.4, 0.5) is 0 Å². The number of carbonyl (C=O) groups is 1. The van der Waals surface area contributed by atoms with Gasteiger partial charge in [-0.1, -0.05) is 20.4 Å². The Labute approximate surface area is 67.7 Å². The minimum absolute atomic E-state index is 0.0505. The average molecular weight is 153 g/mol. The molecular formula is C9H15NO. The molecular weight excluding hydrogens is 138 g/mol. The van der Waals surface area contributed by atoms with Crippen molar-refractivity contribution in [3.8, 4) is 0 Å². The lowest BCUT2D eigenvalue weighted by Crippen LogP contribution is -2.47. The van der Waals surface area contributed by atoms with Gasteiger partial charge >= 0.3 is 0 Å². The summed E-state index contributed by atoms with van der Waals surface area (Å²) in [4.78, 5) is 10.8. The van der Waals surface area contributed by atoms with Gasteiger partial charge in [-0.3, -0.25) is 4.79 Å². The fourth-order valence-corrected chi connectivity index (χ4v) is 1.64. The summed E-state index contributed by atoms with van der Waals surface area (Å²) in [6.07, 6.45) is 3.50. The molecule has 1 aliphatic carbocycles. The van der Waals surface area contributed by atoms with Gasteiger partial charge in [0, 0.05) is 6.04 Å². The quantitative estimate of drug-likeness (QED) is 0.598. The lowest BCUT2D eigenvalue weighted by Gasteiger charge is -2.42. The molecule has 1 N–H and O–H groups in total. The molecule has 0 atom stereocenters. The number of hydrogen-bond donors (Lipinski definition) is 1. The number of carbonyl (C=O) groups excluding carboxylic acids is 1.